The smallest absolute Gasteiger partial charge is 0.216 e. The molecule has 0 bridgehead atoms. The Morgan fingerprint density at radius 2 is 2.36 bits per heavy atom. The number of piperidine rings is 1. The Morgan fingerprint density at radius 1 is 1.64 bits per heavy atom. The molecule has 14 heavy (non-hydrogen) atoms. The number of rotatable bonds is 3. The van der Waals surface area contributed by atoms with Gasteiger partial charge in [-0.15, -0.1) is 6.42 Å². The maximum absolute atomic E-state index is 11.7. The van der Waals surface area contributed by atoms with Gasteiger partial charge in [-0.25, -0.2) is 13.1 Å². The molecule has 0 amide bonds. The van der Waals surface area contributed by atoms with E-state index >= 15 is 0 Å². The second-order valence-corrected chi connectivity index (χ2v) is 5.51. The van der Waals surface area contributed by atoms with E-state index in [9.17, 15) is 8.42 Å². The fourth-order valence-electron chi connectivity index (χ4n) is 1.46. The molecule has 0 aliphatic carbocycles. The first-order valence-corrected chi connectivity index (χ1v) is 6.29. The molecular formula is C9H16N2O2S. The van der Waals surface area contributed by atoms with Gasteiger partial charge in [-0.2, -0.15) is 0 Å². The Hall–Kier alpha value is -0.570. The van der Waals surface area contributed by atoms with Crippen LogP contribution in [0.25, 0.3) is 0 Å². The molecule has 1 aliphatic rings. The lowest BCUT2D eigenvalue weighted by atomic mass is 10.2. The summed E-state index contributed by atoms with van der Waals surface area (Å²) < 4.78 is 25.9. The summed E-state index contributed by atoms with van der Waals surface area (Å²) in [7, 11) is -3.25. The lowest BCUT2D eigenvalue weighted by Gasteiger charge is -2.23. The third kappa shape index (κ3) is 2.98. The summed E-state index contributed by atoms with van der Waals surface area (Å²) >= 11 is 0. The lowest BCUT2D eigenvalue weighted by Crippen LogP contribution is -2.46. The largest absolute Gasteiger partial charge is 0.315 e. The number of terminal acetylenes is 1. The van der Waals surface area contributed by atoms with E-state index < -0.39 is 16.1 Å². The molecule has 5 heteroatoms. The molecule has 4 nitrogen and oxygen atoms in total. The molecule has 1 aliphatic heterocycles. The van der Waals surface area contributed by atoms with Gasteiger partial charge in [0.2, 0.25) is 10.0 Å². The molecule has 2 unspecified atom stereocenters. The van der Waals surface area contributed by atoms with Crippen molar-refractivity contribution in [3.63, 3.8) is 0 Å². The quantitative estimate of drug-likeness (QED) is 0.636. The summed E-state index contributed by atoms with van der Waals surface area (Å²) in [5.74, 6) is 2.35. The van der Waals surface area contributed by atoms with Crippen molar-refractivity contribution < 1.29 is 8.42 Å². The third-order valence-electron chi connectivity index (χ3n) is 2.28. The molecule has 2 N–H and O–H groups in total. The number of sulfonamides is 1. The Bertz CT molecular complexity index is 312. The average Bonchev–Trinajstić information content (AvgIpc) is 2.18. The predicted molar refractivity (Wildman–Crippen MR) is 56.2 cm³/mol. The monoisotopic (exact) mass is 216 g/mol. The molecule has 0 saturated carbocycles. The van der Waals surface area contributed by atoms with Gasteiger partial charge in [0.25, 0.3) is 0 Å². The van der Waals surface area contributed by atoms with Crippen molar-refractivity contribution in [3.05, 3.63) is 0 Å². The van der Waals surface area contributed by atoms with Gasteiger partial charge in [0.05, 0.1) is 11.3 Å². The van der Waals surface area contributed by atoms with Gasteiger partial charge in [0, 0.05) is 6.54 Å². The topological polar surface area (TPSA) is 58.2 Å². The zero-order valence-electron chi connectivity index (χ0n) is 8.29. The highest BCUT2D eigenvalue weighted by Gasteiger charge is 2.27. The first-order chi connectivity index (χ1) is 6.56. The molecule has 0 aromatic rings. The van der Waals surface area contributed by atoms with E-state index in [-0.39, 0.29) is 5.25 Å². The highest BCUT2D eigenvalue weighted by molar-refractivity contribution is 7.90. The minimum absolute atomic E-state index is 0.341. The van der Waals surface area contributed by atoms with Crippen molar-refractivity contribution in [1.29, 1.82) is 0 Å². The average molecular weight is 216 g/mol. The standard InChI is InChI=1S/C9H16N2O2S/c1-3-8(2)11-14(12,13)9-5-4-6-10-7-9/h1,8-11H,4-7H2,2H3. The van der Waals surface area contributed by atoms with Gasteiger partial charge in [-0.1, -0.05) is 5.92 Å². The van der Waals surface area contributed by atoms with Crippen LogP contribution in [-0.2, 0) is 10.0 Å². The Kier molecular flexibility index (Phi) is 3.93. The fraction of sp³-hybridized carbons (Fsp3) is 0.778. The molecule has 0 radical (unpaired) electrons. The summed E-state index contributed by atoms with van der Waals surface area (Å²) in [6.07, 6.45) is 6.72. The van der Waals surface area contributed by atoms with Crippen LogP contribution >= 0.6 is 0 Å². The van der Waals surface area contributed by atoms with Crippen molar-refractivity contribution in [3.8, 4) is 12.3 Å². The molecule has 0 aromatic heterocycles. The van der Waals surface area contributed by atoms with Crippen LogP contribution in [0.15, 0.2) is 0 Å². The van der Waals surface area contributed by atoms with Crippen LogP contribution in [0, 0.1) is 12.3 Å². The molecule has 1 fully saturated rings. The molecular weight excluding hydrogens is 200 g/mol. The van der Waals surface area contributed by atoms with Crippen molar-refractivity contribution in [2.45, 2.75) is 31.1 Å². The van der Waals surface area contributed by atoms with Crippen molar-refractivity contribution >= 4 is 10.0 Å². The highest BCUT2D eigenvalue weighted by atomic mass is 32.2. The van der Waals surface area contributed by atoms with E-state index in [0.29, 0.717) is 13.0 Å². The summed E-state index contributed by atoms with van der Waals surface area (Å²) in [5.41, 5.74) is 0. The van der Waals surface area contributed by atoms with E-state index in [0.717, 1.165) is 13.0 Å². The molecule has 0 aromatic carbocycles. The van der Waals surface area contributed by atoms with Gasteiger partial charge in [0.1, 0.15) is 0 Å². The van der Waals surface area contributed by atoms with Gasteiger partial charge in [0.15, 0.2) is 0 Å². The maximum atomic E-state index is 11.7. The number of hydrogen-bond acceptors (Lipinski definition) is 3. The van der Waals surface area contributed by atoms with Crippen LogP contribution in [0.2, 0.25) is 0 Å². The molecule has 1 saturated heterocycles. The first kappa shape index (κ1) is 11.5. The van der Waals surface area contributed by atoms with Crippen LogP contribution in [-0.4, -0.2) is 32.8 Å². The Labute approximate surface area is 85.5 Å². The zero-order valence-corrected chi connectivity index (χ0v) is 9.10. The second-order valence-electron chi connectivity index (χ2n) is 3.52. The van der Waals surface area contributed by atoms with Crippen molar-refractivity contribution in [2.75, 3.05) is 13.1 Å². The van der Waals surface area contributed by atoms with Crippen LogP contribution in [0.1, 0.15) is 19.8 Å². The van der Waals surface area contributed by atoms with E-state index in [1.54, 1.807) is 6.92 Å². The van der Waals surface area contributed by atoms with Gasteiger partial charge >= 0.3 is 0 Å². The predicted octanol–water partition coefficient (Wildman–Crippen LogP) is -0.320. The third-order valence-corrected chi connectivity index (χ3v) is 4.24. The molecule has 2 atom stereocenters. The number of hydrogen-bond donors (Lipinski definition) is 2. The van der Waals surface area contributed by atoms with E-state index in [4.69, 9.17) is 6.42 Å². The molecule has 0 spiro atoms. The maximum Gasteiger partial charge on any atom is 0.216 e. The molecule has 80 valence electrons. The van der Waals surface area contributed by atoms with Gasteiger partial charge < -0.3 is 5.32 Å². The lowest BCUT2D eigenvalue weighted by molar-refractivity contribution is 0.488. The molecule has 1 rings (SSSR count). The van der Waals surface area contributed by atoms with E-state index in [1.165, 1.54) is 0 Å². The minimum Gasteiger partial charge on any atom is -0.315 e. The summed E-state index contributed by atoms with van der Waals surface area (Å²) in [6, 6.07) is -0.429. The van der Waals surface area contributed by atoms with Gasteiger partial charge in [-0.3, -0.25) is 0 Å². The summed E-state index contributed by atoms with van der Waals surface area (Å²) in [5, 5.41) is 2.72. The molecule has 1 heterocycles. The van der Waals surface area contributed by atoms with Gasteiger partial charge in [-0.05, 0) is 26.3 Å². The fourth-order valence-corrected chi connectivity index (χ4v) is 3.03. The van der Waals surface area contributed by atoms with Crippen LogP contribution in [0.4, 0.5) is 0 Å². The summed E-state index contributed by atoms with van der Waals surface area (Å²) in [6.45, 7) is 3.08. The minimum atomic E-state index is -3.25. The normalized spacial score (nSPS) is 25.3. The number of nitrogens with one attached hydrogen (secondary N) is 2. The zero-order chi connectivity index (χ0) is 10.6. The Balaban J connectivity index is 2.60. The first-order valence-electron chi connectivity index (χ1n) is 4.74. The summed E-state index contributed by atoms with van der Waals surface area (Å²) in [4.78, 5) is 0. The van der Waals surface area contributed by atoms with E-state index in [2.05, 4.69) is 16.0 Å². The SMILES string of the molecule is C#CC(C)NS(=O)(=O)C1CCCNC1. The van der Waals surface area contributed by atoms with E-state index in [1.807, 2.05) is 0 Å². The second kappa shape index (κ2) is 4.78. The highest BCUT2D eigenvalue weighted by Crippen LogP contribution is 2.10. The van der Waals surface area contributed by atoms with Crippen molar-refractivity contribution in [2.24, 2.45) is 0 Å². The van der Waals surface area contributed by atoms with Crippen LogP contribution in [0.5, 0.6) is 0 Å². The van der Waals surface area contributed by atoms with Crippen LogP contribution < -0.4 is 10.0 Å². The van der Waals surface area contributed by atoms with Crippen molar-refractivity contribution in [1.82, 2.24) is 10.0 Å². The Morgan fingerprint density at radius 3 is 2.86 bits per heavy atom. The van der Waals surface area contributed by atoms with Crippen LogP contribution in [0.3, 0.4) is 0 Å².